The number of hydrogen-bond acceptors (Lipinski definition) is 3. The molecule has 0 aliphatic carbocycles. The lowest BCUT2D eigenvalue weighted by atomic mass is 10.1. The van der Waals surface area contributed by atoms with Crippen LogP contribution in [0.25, 0.3) is 0 Å². The number of carbonyl (C=O) groups is 1. The Kier molecular flexibility index (Phi) is 3.11. The van der Waals surface area contributed by atoms with Crippen LogP contribution in [0.15, 0.2) is 23.1 Å². The maximum atomic E-state index is 11.5. The zero-order chi connectivity index (χ0) is 11.6. The van der Waals surface area contributed by atoms with E-state index in [9.17, 15) is 13.2 Å². The summed E-state index contributed by atoms with van der Waals surface area (Å²) in [6, 6.07) is 4.20. The summed E-state index contributed by atoms with van der Waals surface area (Å²) in [5.41, 5.74) is 5.85. The quantitative estimate of drug-likeness (QED) is 0.763. The number of carbonyl (C=O) groups excluding carboxylic acids is 1. The van der Waals surface area contributed by atoms with Crippen LogP contribution in [0, 0.1) is 6.92 Å². The molecule has 0 saturated carbocycles. The van der Waals surface area contributed by atoms with Crippen molar-refractivity contribution in [3.05, 3.63) is 29.3 Å². The summed E-state index contributed by atoms with van der Waals surface area (Å²) in [7, 11) is -2.14. The van der Waals surface area contributed by atoms with Crippen LogP contribution in [0.3, 0.4) is 0 Å². The number of sulfonamides is 1. The van der Waals surface area contributed by atoms with Gasteiger partial charge in [0.15, 0.2) is 0 Å². The van der Waals surface area contributed by atoms with Crippen molar-refractivity contribution in [2.45, 2.75) is 11.8 Å². The van der Waals surface area contributed by atoms with Gasteiger partial charge in [-0.05, 0) is 37.7 Å². The summed E-state index contributed by atoms with van der Waals surface area (Å²) >= 11 is 0. The van der Waals surface area contributed by atoms with Gasteiger partial charge in [0.25, 0.3) is 0 Å². The number of amides is 1. The maximum absolute atomic E-state index is 11.5. The van der Waals surface area contributed by atoms with E-state index in [0.29, 0.717) is 11.1 Å². The third-order valence-corrected chi connectivity index (χ3v) is 3.59. The van der Waals surface area contributed by atoms with E-state index in [1.807, 2.05) is 0 Å². The minimum absolute atomic E-state index is 0.148. The number of nitrogens with one attached hydrogen (secondary N) is 1. The molecule has 1 aromatic rings. The van der Waals surface area contributed by atoms with Crippen molar-refractivity contribution in [2.24, 2.45) is 5.73 Å². The zero-order valence-electron chi connectivity index (χ0n) is 8.44. The molecule has 1 aromatic carbocycles. The molecular formula is C9H12N2O3S. The number of primary amides is 1. The highest BCUT2D eigenvalue weighted by atomic mass is 32.2. The molecule has 0 bridgehead atoms. The van der Waals surface area contributed by atoms with Crippen LogP contribution in [0.4, 0.5) is 0 Å². The molecule has 1 amide bonds. The summed E-state index contributed by atoms with van der Waals surface area (Å²) in [6.07, 6.45) is 0. The van der Waals surface area contributed by atoms with Crippen LogP contribution in [-0.4, -0.2) is 21.4 Å². The van der Waals surface area contributed by atoms with E-state index in [1.54, 1.807) is 6.92 Å². The van der Waals surface area contributed by atoms with Gasteiger partial charge < -0.3 is 5.73 Å². The molecule has 0 saturated heterocycles. The van der Waals surface area contributed by atoms with Crippen LogP contribution in [0.2, 0.25) is 0 Å². The predicted molar refractivity (Wildman–Crippen MR) is 55.9 cm³/mol. The molecule has 0 unspecified atom stereocenters. The van der Waals surface area contributed by atoms with Crippen LogP contribution >= 0.6 is 0 Å². The lowest BCUT2D eigenvalue weighted by molar-refractivity contribution is 0.1000. The number of rotatable bonds is 3. The maximum Gasteiger partial charge on any atom is 0.248 e. The summed E-state index contributed by atoms with van der Waals surface area (Å²) in [4.78, 5) is 11.0. The molecule has 6 heteroatoms. The number of aryl methyl sites for hydroxylation is 1. The SMILES string of the molecule is CNS(=O)(=O)c1ccc(C(N)=O)cc1C. The molecule has 0 fully saturated rings. The molecule has 0 aliphatic heterocycles. The molecule has 1 rings (SSSR count). The molecule has 0 atom stereocenters. The minimum Gasteiger partial charge on any atom is -0.366 e. The molecule has 82 valence electrons. The third-order valence-electron chi connectivity index (χ3n) is 2.02. The summed E-state index contributed by atoms with van der Waals surface area (Å²) < 4.78 is 25.2. The highest BCUT2D eigenvalue weighted by Crippen LogP contribution is 2.15. The van der Waals surface area contributed by atoms with Crippen LogP contribution in [0.1, 0.15) is 15.9 Å². The normalized spacial score (nSPS) is 11.3. The fourth-order valence-electron chi connectivity index (χ4n) is 1.21. The van der Waals surface area contributed by atoms with E-state index in [-0.39, 0.29) is 4.90 Å². The summed E-state index contributed by atoms with van der Waals surface area (Å²) in [6.45, 7) is 1.61. The van der Waals surface area contributed by atoms with Gasteiger partial charge in [-0.3, -0.25) is 4.79 Å². The molecular weight excluding hydrogens is 216 g/mol. The number of hydrogen-bond donors (Lipinski definition) is 2. The Morgan fingerprint density at radius 1 is 1.40 bits per heavy atom. The van der Waals surface area contributed by atoms with Crippen LogP contribution < -0.4 is 10.5 Å². The van der Waals surface area contributed by atoms with Crippen LogP contribution in [0.5, 0.6) is 0 Å². The number of nitrogens with two attached hydrogens (primary N) is 1. The molecule has 3 N–H and O–H groups in total. The van der Waals surface area contributed by atoms with Crippen molar-refractivity contribution < 1.29 is 13.2 Å². The molecule has 0 radical (unpaired) electrons. The smallest absolute Gasteiger partial charge is 0.248 e. The molecule has 0 heterocycles. The fourth-order valence-corrected chi connectivity index (χ4v) is 2.16. The van der Waals surface area contributed by atoms with Crippen molar-refractivity contribution in [1.29, 1.82) is 0 Å². The van der Waals surface area contributed by atoms with Gasteiger partial charge >= 0.3 is 0 Å². The second-order valence-electron chi connectivity index (χ2n) is 3.05. The monoisotopic (exact) mass is 228 g/mol. The van der Waals surface area contributed by atoms with Crippen molar-refractivity contribution in [3.8, 4) is 0 Å². The Labute approximate surface area is 88.3 Å². The van der Waals surface area contributed by atoms with E-state index in [0.717, 1.165) is 0 Å². The van der Waals surface area contributed by atoms with Crippen molar-refractivity contribution >= 4 is 15.9 Å². The Hall–Kier alpha value is -1.40. The van der Waals surface area contributed by atoms with Gasteiger partial charge in [0.2, 0.25) is 15.9 Å². The Morgan fingerprint density at radius 3 is 2.40 bits per heavy atom. The van der Waals surface area contributed by atoms with E-state index in [2.05, 4.69) is 4.72 Å². The topological polar surface area (TPSA) is 89.3 Å². The van der Waals surface area contributed by atoms with Gasteiger partial charge in [-0.2, -0.15) is 0 Å². The summed E-state index contributed by atoms with van der Waals surface area (Å²) in [5, 5.41) is 0. The van der Waals surface area contributed by atoms with Gasteiger partial charge in [0, 0.05) is 5.56 Å². The largest absolute Gasteiger partial charge is 0.366 e. The Bertz CT molecular complexity index is 494. The lowest BCUT2D eigenvalue weighted by Gasteiger charge is -2.06. The molecule has 5 nitrogen and oxygen atoms in total. The highest BCUT2D eigenvalue weighted by Gasteiger charge is 2.15. The van der Waals surface area contributed by atoms with Gasteiger partial charge in [0.05, 0.1) is 4.90 Å². The molecule has 0 spiro atoms. The predicted octanol–water partition coefficient (Wildman–Crippen LogP) is 0.00202. The first-order chi connectivity index (χ1) is 6.88. The Balaban J connectivity index is 3.32. The molecule has 15 heavy (non-hydrogen) atoms. The van der Waals surface area contributed by atoms with Gasteiger partial charge in [-0.25, -0.2) is 13.1 Å². The third kappa shape index (κ3) is 2.34. The standard InChI is InChI=1S/C9H12N2O3S/c1-6-5-7(9(10)12)3-4-8(6)15(13,14)11-2/h3-5,11H,1-2H3,(H2,10,12). The van der Waals surface area contributed by atoms with Gasteiger partial charge in [0.1, 0.15) is 0 Å². The van der Waals surface area contributed by atoms with E-state index in [1.165, 1.54) is 25.2 Å². The van der Waals surface area contributed by atoms with Gasteiger partial charge in [-0.1, -0.05) is 0 Å². The molecule has 0 aliphatic rings. The first-order valence-corrected chi connectivity index (χ1v) is 5.71. The van der Waals surface area contributed by atoms with Crippen molar-refractivity contribution in [1.82, 2.24) is 4.72 Å². The van der Waals surface area contributed by atoms with E-state index < -0.39 is 15.9 Å². The van der Waals surface area contributed by atoms with E-state index >= 15 is 0 Å². The second kappa shape index (κ2) is 4.00. The average molecular weight is 228 g/mol. The zero-order valence-corrected chi connectivity index (χ0v) is 9.26. The first-order valence-electron chi connectivity index (χ1n) is 4.22. The van der Waals surface area contributed by atoms with Crippen LogP contribution in [-0.2, 0) is 10.0 Å². The number of benzene rings is 1. The van der Waals surface area contributed by atoms with Crippen molar-refractivity contribution in [2.75, 3.05) is 7.05 Å². The average Bonchev–Trinajstić information content (AvgIpc) is 2.17. The first kappa shape index (κ1) is 11.7. The minimum atomic E-state index is -3.47. The Morgan fingerprint density at radius 2 is 2.00 bits per heavy atom. The fraction of sp³-hybridized carbons (Fsp3) is 0.222. The van der Waals surface area contributed by atoms with E-state index in [4.69, 9.17) is 5.73 Å². The second-order valence-corrected chi connectivity index (χ2v) is 4.91. The lowest BCUT2D eigenvalue weighted by Crippen LogP contribution is -2.20. The highest BCUT2D eigenvalue weighted by molar-refractivity contribution is 7.89. The van der Waals surface area contributed by atoms with Gasteiger partial charge in [-0.15, -0.1) is 0 Å². The summed E-state index contributed by atoms with van der Waals surface area (Å²) in [5.74, 6) is -0.577. The molecule has 0 aromatic heterocycles. The van der Waals surface area contributed by atoms with Crippen molar-refractivity contribution in [3.63, 3.8) is 0 Å².